The standard InChI is InChI=1S/C11H15F3N2O3/c1-6-3-4-8-7(5-6)10(18,11(12,13)14)16(15-8)9(17)19-2/h6-7,18H,3-5H2,1-2H3/t6-,7+,10+/m0/s1. The van der Waals surface area contributed by atoms with Crippen molar-refractivity contribution < 1.29 is 27.8 Å². The molecule has 0 unspecified atom stereocenters. The summed E-state index contributed by atoms with van der Waals surface area (Å²) >= 11 is 0. The maximum Gasteiger partial charge on any atom is 0.439 e. The summed E-state index contributed by atoms with van der Waals surface area (Å²) in [5.41, 5.74) is -3.09. The molecule has 3 atom stereocenters. The first-order valence-electron chi connectivity index (χ1n) is 5.96. The number of fused-ring (bicyclic) bond motifs is 1. The lowest BCUT2D eigenvalue weighted by Crippen LogP contribution is -2.61. The molecule has 8 heteroatoms. The highest BCUT2D eigenvalue weighted by molar-refractivity contribution is 5.92. The van der Waals surface area contributed by atoms with Crippen molar-refractivity contribution in [2.24, 2.45) is 16.9 Å². The number of aliphatic hydroxyl groups is 1. The number of halogens is 3. The van der Waals surface area contributed by atoms with Crippen LogP contribution in [0.5, 0.6) is 0 Å². The van der Waals surface area contributed by atoms with Crippen LogP contribution in [0.3, 0.4) is 0 Å². The topological polar surface area (TPSA) is 62.1 Å². The number of ether oxygens (including phenoxy) is 1. The third-order valence-corrected chi connectivity index (χ3v) is 3.74. The van der Waals surface area contributed by atoms with E-state index in [2.05, 4.69) is 9.84 Å². The van der Waals surface area contributed by atoms with Crippen molar-refractivity contribution in [1.29, 1.82) is 0 Å². The second-order valence-corrected chi connectivity index (χ2v) is 5.03. The van der Waals surface area contributed by atoms with Crippen molar-refractivity contribution in [3.8, 4) is 0 Å². The molecule has 0 aromatic rings. The summed E-state index contributed by atoms with van der Waals surface area (Å²) in [6, 6.07) is 0. The molecule has 1 saturated carbocycles. The fourth-order valence-corrected chi connectivity index (χ4v) is 2.68. The minimum absolute atomic E-state index is 0.0328. The summed E-state index contributed by atoms with van der Waals surface area (Å²) in [7, 11) is 0.948. The lowest BCUT2D eigenvalue weighted by Gasteiger charge is -2.38. The highest BCUT2D eigenvalue weighted by Crippen LogP contribution is 2.49. The van der Waals surface area contributed by atoms with Gasteiger partial charge in [0.1, 0.15) is 0 Å². The molecule has 19 heavy (non-hydrogen) atoms. The molecular weight excluding hydrogens is 265 g/mol. The Morgan fingerprint density at radius 1 is 1.58 bits per heavy atom. The maximum atomic E-state index is 13.2. The molecule has 1 amide bonds. The van der Waals surface area contributed by atoms with E-state index in [1.54, 1.807) is 0 Å². The molecule has 1 aliphatic heterocycles. The summed E-state index contributed by atoms with van der Waals surface area (Å²) in [6.45, 7) is 1.81. The molecule has 0 aromatic heterocycles. The van der Waals surface area contributed by atoms with Crippen molar-refractivity contribution in [3.05, 3.63) is 0 Å². The van der Waals surface area contributed by atoms with Gasteiger partial charge >= 0.3 is 12.3 Å². The second-order valence-electron chi connectivity index (χ2n) is 5.03. The predicted octanol–water partition coefficient (Wildman–Crippen LogP) is 2.11. The number of carbonyl (C=O) groups excluding carboxylic acids is 1. The van der Waals surface area contributed by atoms with Crippen molar-refractivity contribution in [1.82, 2.24) is 5.01 Å². The van der Waals surface area contributed by atoms with Crippen LogP contribution in [-0.4, -0.2) is 40.9 Å². The van der Waals surface area contributed by atoms with Gasteiger partial charge in [-0.05, 0) is 25.2 Å². The Hall–Kier alpha value is -1.31. The molecule has 0 saturated heterocycles. The van der Waals surface area contributed by atoms with Crippen LogP contribution in [0.25, 0.3) is 0 Å². The van der Waals surface area contributed by atoms with Gasteiger partial charge in [0.25, 0.3) is 5.72 Å². The fourth-order valence-electron chi connectivity index (χ4n) is 2.68. The average Bonchev–Trinajstić information content (AvgIpc) is 2.63. The van der Waals surface area contributed by atoms with Gasteiger partial charge in [-0.15, -0.1) is 0 Å². The number of nitrogens with zero attached hydrogens (tertiary/aromatic N) is 2. The summed E-state index contributed by atoms with van der Waals surface area (Å²) in [5, 5.41) is 13.8. The smallest absolute Gasteiger partial charge is 0.439 e. The molecule has 0 aromatic carbocycles. The van der Waals surface area contributed by atoms with Crippen molar-refractivity contribution >= 4 is 11.8 Å². The van der Waals surface area contributed by atoms with Crippen LogP contribution in [0.4, 0.5) is 18.0 Å². The van der Waals surface area contributed by atoms with Gasteiger partial charge in [0.2, 0.25) is 0 Å². The maximum absolute atomic E-state index is 13.2. The molecular formula is C11H15F3N2O3. The van der Waals surface area contributed by atoms with Gasteiger partial charge in [-0.1, -0.05) is 6.92 Å². The molecule has 0 spiro atoms. The molecule has 5 nitrogen and oxygen atoms in total. The number of hydrogen-bond acceptors (Lipinski definition) is 4. The quantitative estimate of drug-likeness (QED) is 0.739. The molecule has 1 fully saturated rings. The third kappa shape index (κ3) is 1.98. The SMILES string of the molecule is COC(=O)N1N=C2CC[C@H](C)C[C@H]2[C@@]1(O)C(F)(F)F. The van der Waals surface area contributed by atoms with Gasteiger partial charge in [0.15, 0.2) is 0 Å². The molecule has 0 bridgehead atoms. The van der Waals surface area contributed by atoms with Gasteiger partial charge < -0.3 is 9.84 Å². The highest BCUT2D eigenvalue weighted by atomic mass is 19.4. The van der Waals surface area contributed by atoms with Crippen LogP contribution in [-0.2, 0) is 4.74 Å². The Bertz CT molecular complexity index is 424. The van der Waals surface area contributed by atoms with E-state index >= 15 is 0 Å². The van der Waals surface area contributed by atoms with Crippen LogP contribution in [0, 0.1) is 11.8 Å². The molecule has 2 aliphatic rings. The summed E-state index contributed by atoms with van der Waals surface area (Å²) in [5.74, 6) is -1.18. The number of rotatable bonds is 0. The molecule has 1 heterocycles. The largest absolute Gasteiger partial charge is 0.451 e. The van der Waals surface area contributed by atoms with E-state index in [0.29, 0.717) is 12.8 Å². The Kier molecular flexibility index (Phi) is 3.24. The first-order valence-corrected chi connectivity index (χ1v) is 5.96. The first kappa shape index (κ1) is 14.1. The number of alkyl halides is 3. The van der Waals surface area contributed by atoms with Crippen LogP contribution < -0.4 is 0 Å². The van der Waals surface area contributed by atoms with E-state index in [-0.39, 0.29) is 23.1 Å². The molecule has 0 radical (unpaired) electrons. The molecule has 108 valence electrons. The van der Waals surface area contributed by atoms with E-state index < -0.39 is 23.9 Å². The van der Waals surface area contributed by atoms with Crippen LogP contribution in [0.2, 0.25) is 0 Å². The summed E-state index contributed by atoms with van der Waals surface area (Å²) in [6.07, 6.45) is -5.12. The number of methoxy groups -OCH3 is 1. The number of hydrogen-bond donors (Lipinski definition) is 1. The van der Waals surface area contributed by atoms with Crippen LogP contribution >= 0.6 is 0 Å². The van der Waals surface area contributed by atoms with Gasteiger partial charge in [-0.3, -0.25) is 0 Å². The number of amides is 1. The lowest BCUT2D eigenvalue weighted by atomic mass is 9.76. The zero-order chi connectivity index (χ0) is 14.4. The van der Waals surface area contributed by atoms with Gasteiger partial charge in [-0.2, -0.15) is 23.3 Å². The van der Waals surface area contributed by atoms with Crippen LogP contribution in [0.15, 0.2) is 5.10 Å². The Morgan fingerprint density at radius 3 is 2.74 bits per heavy atom. The Labute approximate surface area is 108 Å². The summed E-state index contributed by atoms with van der Waals surface area (Å²) in [4.78, 5) is 11.4. The Balaban J connectivity index is 2.44. The fraction of sp³-hybridized carbons (Fsp3) is 0.818. The van der Waals surface area contributed by atoms with Gasteiger partial charge in [0.05, 0.1) is 13.0 Å². The van der Waals surface area contributed by atoms with E-state index in [1.165, 1.54) is 0 Å². The summed E-state index contributed by atoms with van der Waals surface area (Å²) < 4.78 is 43.9. The zero-order valence-electron chi connectivity index (χ0n) is 10.6. The highest BCUT2D eigenvalue weighted by Gasteiger charge is 2.69. The van der Waals surface area contributed by atoms with Gasteiger partial charge in [0, 0.05) is 5.71 Å². The van der Waals surface area contributed by atoms with Gasteiger partial charge in [-0.25, -0.2) is 4.79 Å². The average molecular weight is 280 g/mol. The minimum Gasteiger partial charge on any atom is -0.451 e. The van der Waals surface area contributed by atoms with Crippen LogP contribution in [0.1, 0.15) is 26.2 Å². The third-order valence-electron chi connectivity index (χ3n) is 3.74. The lowest BCUT2D eigenvalue weighted by molar-refractivity contribution is -0.315. The molecule has 1 aliphatic carbocycles. The van der Waals surface area contributed by atoms with E-state index in [0.717, 1.165) is 7.11 Å². The normalized spacial score (nSPS) is 34.8. The Morgan fingerprint density at radius 2 is 2.21 bits per heavy atom. The zero-order valence-corrected chi connectivity index (χ0v) is 10.6. The van der Waals surface area contributed by atoms with Crippen molar-refractivity contribution in [2.45, 2.75) is 38.1 Å². The molecule has 1 N–H and O–H groups in total. The number of carbonyl (C=O) groups is 1. The van der Waals surface area contributed by atoms with E-state index in [1.807, 2.05) is 6.92 Å². The second kappa shape index (κ2) is 4.36. The minimum atomic E-state index is -4.99. The monoisotopic (exact) mass is 280 g/mol. The predicted molar refractivity (Wildman–Crippen MR) is 59.2 cm³/mol. The van der Waals surface area contributed by atoms with E-state index in [4.69, 9.17) is 0 Å². The van der Waals surface area contributed by atoms with E-state index in [9.17, 15) is 23.1 Å². The van der Waals surface area contributed by atoms with Crippen molar-refractivity contribution in [2.75, 3.05) is 7.11 Å². The van der Waals surface area contributed by atoms with Crippen molar-refractivity contribution in [3.63, 3.8) is 0 Å². The molecule has 2 rings (SSSR count). The first-order chi connectivity index (χ1) is 8.71. The number of hydrazone groups is 1.